The number of anilines is 1. The number of amides is 1. The van der Waals surface area contributed by atoms with Gasteiger partial charge in [-0.15, -0.1) is 0 Å². The van der Waals surface area contributed by atoms with Crippen molar-refractivity contribution < 1.29 is 36.6 Å². The molecule has 0 aromatic heterocycles. The van der Waals surface area contributed by atoms with Crippen LogP contribution in [0.4, 0.5) is 10.1 Å². The van der Waals surface area contributed by atoms with Crippen LogP contribution in [0, 0.1) is 5.82 Å². The van der Waals surface area contributed by atoms with Crippen molar-refractivity contribution in [2.45, 2.75) is 13.5 Å². The van der Waals surface area contributed by atoms with E-state index in [0.717, 1.165) is 4.31 Å². The minimum absolute atomic E-state index is 0.0362. The van der Waals surface area contributed by atoms with Gasteiger partial charge in [-0.05, 0) is 36.8 Å². The molecular formula is C28H29FN2O7S. The fourth-order valence-corrected chi connectivity index (χ4v) is 6.02. The molecule has 0 saturated heterocycles. The molecular weight excluding hydrogens is 527 g/mol. The van der Waals surface area contributed by atoms with E-state index in [9.17, 15) is 17.6 Å². The van der Waals surface area contributed by atoms with Gasteiger partial charge in [-0.1, -0.05) is 24.3 Å². The van der Waals surface area contributed by atoms with Gasteiger partial charge in [-0.25, -0.2) is 12.8 Å². The summed E-state index contributed by atoms with van der Waals surface area (Å²) in [5.74, 6) is 0.427. The normalized spacial score (nSPS) is 13.9. The number of ether oxygens (including phenoxy) is 4. The number of allylic oxidation sites excluding steroid dienone is 1. The summed E-state index contributed by atoms with van der Waals surface area (Å²) < 4.78 is 65.0. The first-order chi connectivity index (χ1) is 18.7. The van der Waals surface area contributed by atoms with E-state index in [-0.39, 0.29) is 36.5 Å². The summed E-state index contributed by atoms with van der Waals surface area (Å²) in [4.78, 5) is 12.9. The van der Waals surface area contributed by atoms with Crippen LogP contribution in [0.25, 0.3) is 5.57 Å². The third-order valence-corrected chi connectivity index (χ3v) is 8.15. The minimum Gasteiger partial charge on any atom is -0.497 e. The molecule has 0 radical (unpaired) electrons. The average molecular weight is 557 g/mol. The molecule has 0 bridgehead atoms. The maximum absolute atomic E-state index is 14.6. The van der Waals surface area contributed by atoms with Crippen LogP contribution in [0.5, 0.6) is 23.0 Å². The number of halogens is 1. The molecule has 11 heteroatoms. The predicted molar refractivity (Wildman–Crippen MR) is 145 cm³/mol. The van der Waals surface area contributed by atoms with E-state index >= 15 is 0 Å². The summed E-state index contributed by atoms with van der Waals surface area (Å²) in [6.45, 7) is 1.34. The Morgan fingerprint density at radius 2 is 1.62 bits per heavy atom. The van der Waals surface area contributed by atoms with Crippen molar-refractivity contribution in [3.8, 4) is 23.0 Å². The molecule has 1 N–H and O–H groups in total. The fourth-order valence-electron chi connectivity index (χ4n) is 4.27. The van der Waals surface area contributed by atoms with Gasteiger partial charge in [0.1, 0.15) is 23.9 Å². The number of nitrogens with zero attached hydrogens (tertiary/aromatic N) is 1. The van der Waals surface area contributed by atoms with E-state index in [1.165, 1.54) is 38.5 Å². The number of fused-ring (bicyclic) bond motifs is 1. The Labute approximate surface area is 226 Å². The van der Waals surface area contributed by atoms with Crippen LogP contribution < -0.4 is 28.6 Å². The van der Waals surface area contributed by atoms with Crippen LogP contribution >= 0.6 is 0 Å². The number of hydrogen-bond acceptors (Lipinski definition) is 7. The SMILES string of the molecule is COc1cccc(OCCNC(=O)C2=C(C)c3cc(OC)c(OC)cc3N(Cc3ccccc3F)S2(=O)=O)c1. The summed E-state index contributed by atoms with van der Waals surface area (Å²) >= 11 is 0. The molecule has 0 unspecified atom stereocenters. The summed E-state index contributed by atoms with van der Waals surface area (Å²) in [7, 11) is 0.0203. The molecule has 0 spiro atoms. The molecule has 1 aliphatic rings. The lowest BCUT2D eigenvalue weighted by atomic mass is 10.0. The molecule has 0 saturated carbocycles. The minimum atomic E-state index is -4.40. The summed E-state index contributed by atoms with van der Waals surface area (Å²) in [6.07, 6.45) is 0. The Balaban J connectivity index is 1.67. The van der Waals surface area contributed by atoms with Gasteiger partial charge in [0.2, 0.25) is 0 Å². The Hall–Kier alpha value is -4.25. The van der Waals surface area contributed by atoms with Gasteiger partial charge < -0.3 is 24.3 Å². The second kappa shape index (κ2) is 11.6. The van der Waals surface area contributed by atoms with Crippen LogP contribution in [0.3, 0.4) is 0 Å². The molecule has 0 atom stereocenters. The number of carbonyl (C=O) groups is 1. The standard InChI is InChI=1S/C28H29FN2O7S/c1-18-22-15-25(36-3)26(37-4)16-24(22)31(17-19-8-5-6-11-23(19)29)39(33,34)27(18)28(32)30-12-13-38-21-10-7-9-20(14-21)35-2/h5-11,14-16H,12-13,17H2,1-4H3,(H,30,32). The van der Waals surface area contributed by atoms with Gasteiger partial charge in [-0.2, -0.15) is 0 Å². The first-order valence-electron chi connectivity index (χ1n) is 12.0. The molecule has 1 heterocycles. The van der Waals surface area contributed by atoms with Crippen molar-refractivity contribution in [1.82, 2.24) is 5.32 Å². The number of nitrogens with one attached hydrogen (secondary N) is 1. The maximum atomic E-state index is 14.6. The number of methoxy groups -OCH3 is 3. The van der Waals surface area contributed by atoms with Crippen molar-refractivity contribution in [3.63, 3.8) is 0 Å². The molecule has 3 aromatic rings. The van der Waals surface area contributed by atoms with E-state index in [0.29, 0.717) is 28.6 Å². The van der Waals surface area contributed by atoms with Crippen LogP contribution in [0.15, 0.2) is 65.6 Å². The van der Waals surface area contributed by atoms with Crippen molar-refractivity contribution >= 4 is 27.2 Å². The van der Waals surface area contributed by atoms with Crippen molar-refractivity contribution in [2.75, 3.05) is 38.8 Å². The first-order valence-corrected chi connectivity index (χ1v) is 13.4. The van der Waals surface area contributed by atoms with E-state index in [4.69, 9.17) is 18.9 Å². The quantitative estimate of drug-likeness (QED) is 0.375. The van der Waals surface area contributed by atoms with Crippen LogP contribution in [0.2, 0.25) is 0 Å². The number of hydrogen-bond donors (Lipinski definition) is 1. The average Bonchev–Trinajstić information content (AvgIpc) is 2.93. The summed E-state index contributed by atoms with van der Waals surface area (Å²) in [6, 6.07) is 15.9. The summed E-state index contributed by atoms with van der Waals surface area (Å²) in [5.41, 5.74) is 1.05. The lowest BCUT2D eigenvalue weighted by Crippen LogP contribution is -2.41. The topological polar surface area (TPSA) is 103 Å². The van der Waals surface area contributed by atoms with Gasteiger partial charge in [0.15, 0.2) is 16.4 Å². The van der Waals surface area contributed by atoms with E-state index in [1.807, 2.05) is 0 Å². The van der Waals surface area contributed by atoms with Gasteiger partial charge in [0.25, 0.3) is 15.9 Å². The van der Waals surface area contributed by atoms with Crippen molar-refractivity contribution in [3.05, 3.63) is 82.5 Å². The van der Waals surface area contributed by atoms with Crippen molar-refractivity contribution in [2.24, 2.45) is 0 Å². The van der Waals surface area contributed by atoms with Gasteiger partial charge in [0, 0.05) is 23.3 Å². The zero-order chi connectivity index (χ0) is 28.2. The Morgan fingerprint density at radius 3 is 2.31 bits per heavy atom. The molecule has 3 aromatic carbocycles. The summed E-state index contributed by atoms with van der Waals surface area (Å²) in [5, 5.41) is 2.63. The molecule has 9 nitrogen and oxygen atoms in total. The Bertz CT molecular complexity index is 1520. The molecule has 39 heavy (non-hydrogen) atoms. The molecule has 206 valence electrons. The monoisotopic (exact) mass is 556 g/mol. The zero-order valence-corrected chi connectivity index (χ0v) is 22.8. The van der Waals surface area contributed by atoms with Gasteiger partial charge in [-0.3, -0.25) is 9.10 Å². The zero-order valence-electron chi connectivity index (χ0n) is 22.0. The molecule has 0 fully saturated rings. The van der Waals surface area contributed by atoms with Gasteiger partial charge >= 0.3 is 0 Å². The third kappa shape index (κ3) is 5.63. The third-order valence-electron chi connectivity index (χ3n) is 6.24. The highest BCUT2D eigenvalue weighted by atomic mass is 32.2. The predicted octanol–water partition coefficient (Wildman–Crippen LogP) is 4.13. The fraction of sp³-hybridized carbons (Fsp3) is 0.250. The maximum Gasteiger partial charge on any atom is 0.270 e. The van der Waals surface area contributed by atoms with E-state index in [2.05, 4.69) is 5.32 Å². The largest absolute Gasteiger partial charge is 0.497 e. The number of rotatable bonds is 10. The van der Waals surface area contributed by atoms with Crippen LogP contribution in [0.1, 0.15) is 18.1 Å². The highest BCUT2D eigenvalue weighted by Gasteiger charge is 2.40. The first kappa shape index (κ1) is 27.8. The van der Waals surface area contributed by atoms with E-state index < -0.39 is 26.7 Å². The second-order valence-electron chi connectivity index (χ2n) is 8.56. The Morgan fingerprint density at radius 1 is 0.923 bits per heavy atom. The van der Waals surface area contributed by atoms with E-state index in [1.54, 1.807) is 50.4 Å². The van der Waals surface area contributed by atoms with Crippen LogP contribution in [-0.4, -0.2) is 48.8 Å². The molecule has 4 rings (SSSR count). The highest BCUT2D eigenvalue weighted by Crippen LogP contribution is 2.45. The number of carbonyl (C=O) groups excluding carboxylic acids is 1. The molecule has 0 aliphatic carbocycles. The highest BCUT2D eigenvalue weighted by molar-refractivity contribution is 7.97. The number of sulfonamides is 1. The smallest absolute Gasteiger partial charge is 0.270 e. The van der Waals surface area contributed by atoms with Gasteiger partial charge in [0.05, 0.1) is 40.1 Å². The lowest BCUT2D eigenvalue weighted by Gasteiger charge is -2.33. The lowest BCUT2D eigenvalue weighted by molar-refractivity contribution is -0.116. The Kier molecular flexibility index (Phi) is 8.29. The second-order valence-corrected chi connectivity index (χ2v) is 10.4. The van der Waals surface area contributed by atoms with Crippen molar-refractivity contribution in [1.29, 1.82) is 0 Å². The van der Waals surface area contributed by atoms with Crippen LogP contribution in [-0.2, 0) is 21.4 Å². The molecule has 1 aliphatic heterocycles. The molecule has 1 amide bonds. The number of benzene rings is 3.